The highest BCUT2D eigenvalue weighted by Crippen LogP contribution is 2.25. The van der Waals surface area contributed by atoms with Crippen LogP contribution >= 0.6 is 11.3 Å². The molecule has 2 heterocycles. The molecule has 2 aromatic rings. The Morgan fingerprint density at radius 3 is 2.67 bits per heavy atom. The van der Waals surface area contributed by atoms with E-state index in [1.54, 1.807) is 13.0 Å². The van der Waals surface area contributed by atoms with Crippen molar-refractivity contribution in [2.24, 2.45) is 0 Å². The van der Waals surface area contributed by atoms with E-state index in [2.05, 4.69) is 10.5 Å². The van der Waals surface area contributed by atoms with E-state index in [0.29, 0.717) is 5.76 Å². The zero-order chi connectivity index (χ0) is 15.7. The van der Waals surface area contributed by atoms with Gasteiger partial charge in [-0.25, -0.2) is 0 Å². The molecule has 6 heteroatoms. The van der Waals surface area contributed by atoms with E-state index in [4.69, 9.17) is 4.52 Å². The van der Waals surface area contributed by atoms with Gasteiger partial charge in [-0.2, -0.15) is 0 Å². The molecule has 0 aromatic carbocycles. The Labute approximate surface area is 128 Å². The minimum Gasteiger partial charge on any atom is -0.383 e. The number of carbonyl (C=O) groups is 1. The van der Waals surface area contributed by atoms with Crippen LogP contribution < -0.4 is 5.32 Å². The predicted octanol–water partition coefficient (Wildman–Crippen LogP) is 2.67. The second kappa shape index (κ2) is 5.61. The van der Waals surface area contributed by atoms with E-state index in [0.717, 1.165) is 4.88 Å². The Hall–Kier alpha value is -1.66. The molecule has 0 spiro atoms. The average molecular weight is 308 g/mol. The van der Waals surface area contributed by atoms with Crippen LogP contribution in [0.15, 0.2) is 28.1 Å². The number of aliphatic hydroxyl groups is 1. The fourth-order valence-electron chi connectivity index (χ4n) is 1.75. The van der Waals surface area contributed by atoms with Gasteiger partial charge >= 0.3 is 0 Å². The third kappa shape index (κ3) is 3.71. The topological polar surface area (TPSA) is 75.4 Å². The first-order valence-electron chi connectivity index (χ1n) is 6.72. The van der Waals surface area contributed by atoms with Crippen LogP contribution in [0.2, 0.25) is 0 Å². The van der Waals surface area contributed by atoms with Gasteiger partial charge in [-0.05, 0) is 18.4 Å². The number of nitrogens with one attached hydrogen (secondary N) is 1. The molecule has 0 saturated carbocycles. The quantitative estimate of drug-likeness (QED) is 0.910. The first kappa shape index (κ1) is 15.7. The fraction of sp³-hybridized carbons (Fsp3) is 0.467. The molecule has 0 fully saturated rings. The summed E-state index contributed by atoms with van der Waals surface area (Å²) < 4.78 is 5.18. The molecule has 1 unspecified atom stereocenters. The molecule has 2 aromatic heterocycles. The van der Waals surface area contributed by atoms with Gasteiger partial charge in [0.2, 0.25) is 0 Å². The predicted molar refractivity (Wildman–Crippen MR) is 81.4 cm³/mol. The van der Waals surface area contributed by atoms with Crippen molar-refractivity contribution >= 4 is 17.2 Å². The molecule has 0 aliphatic heterocycles. The number of hydrogen-bond acceptors (Lipinski definition) is 5. The van der Waals surface area contributed by atoms with E-state index >= 15 is 0 Å². The molecular formula is C15H20N2O3S. The van der Waals surface area contributed by atoms with Crippen LogP contribution in [0.5, 0.6) is 0 Å². The number of amides is 1. The van der Waals surface area contributed by atoms with Crippen LogP contribution in [0.1, 0.15) is 48.8 Å². The SMILES string of the molecule is CC(C)(C)c1cc(C(=O)NCC(C)(O)c2cccs2)no1. The first-order chi connectivity index (χ1) is 9.70. The Morgan fingerprint density at radius 1 is 1.43 bits per heavy atom. The maximum atomic E-state index is 12.1. The van der Waals surface area contributed by atoms with Crippen LogP contribution in [0.3, 0.4) is 0 Å². The summed E-state index contributed by atoms with van der Waals surface area (Å²) in [5.74, 6) is 0.295. The van der Waals surface area contributed by atoms with Gasteiger partial charge in [-0.1, -0.05) is 32.0 Å². The Bertz CT molecular complexity index is 609. The molecule has 1 atom stereocenters. The van der Waals surface area contributed by atoms with E-state index in [9.17, 15) is 9.90 Å². The van der Waals surface area contributed by atoms with Gasteiger partial charge in [0, 0.05) is 16.4 Å². The van der Waals surface area contributed by atoms with Crippen molar-refractivity contribution < 1.29 is 14.4 Å². The Balaban J connectivity index is 2.01. The van der Waals surface area contributed by atoms with Crippen molar-refractivity contribution in [1.82, 2.24) is 10.5 Å². The van der Waals surface area contributed by atoms with Gasteiger partial charge in [-0.3, -0.25) is 4.79 Å². The third-order valence-electron chi connectivity index (χ3n) is 3.13. The molecule has 2 rings (SSSR count). The van der Waals surface area contributed by atoms with Crippen molar-refractivity contribution in [3.63, 3.8) is 0 Å². The number of hydrogen-bond donors (Lipinski definition) is 2. The summed E-state index contributed by atoms with van der Waals surface area (Å²) in [6, 6.07) is 5.34. The maximum absolute atomic E-state index is 12.1. The van der Waals surface area contributed by atoms with Gasteiger partial charge in [0.15, 0.2) is 5.69 Å². The minimum absolute atomic E-state index is 0.115. The van der Waals surface area contributed by atoms with Crippen LogP contribution in [0.4, 0.5) is 0 Å². The molecule has 114 valence electrons. The lowest BCUT2D eigenvalue weighted by Crippen LogP contribution is -2.38. The van der Waals surface area contributed by atoms with E-state index in [1.165, 1.54) is 11.3 Å². The van der Waals surface area contributed by atoms with Crippen LogP contribution in [-0.2, 0) is 11.0 Å². The lowest BCUT2D eigenvalue weighted by molar-refractivity contribution is 0.0554. The second-order valence-corrected chi connectivity index (χ2v) is 7.21. The minimum atomic E-state index is -1.10. The van der Waals surface area contributed by atoms with E-state index in [1.807, 2.05) is 38.3 Å². The van der Waals surface area contributed by atoms with Crippen molar-refractivity contribution in [3.05, 3.63) is 39.9 Å². The Kier molecular flexibility index (Phi) is 4.20. The van der Waals surface area contributed by atoms with Crippen molar-refractivity contribution in [2.75, 3.05) is 6.54 Å². The summed E-state index contributed by atoms with van der Waals surface area (Å²) in [7, 11) is 0. The standard InChI is InChI=1S/C15H20N2O3S/c1-14(2,3)11-8-10(17-20-11)13(18)16-9-15(4,19)12-6-5-7-21-12/h5-8,19H,9H2,1-4H3,(H,16,18). The normalized spacial score (nSPS) is 14.7. The molecule has 0 saturated heterocycles. The molecule has 5 nitrogen and oxygen atoms in total. The first-order valence-corrected chi connectivity index (χ1v) is 7.60. The molecule has 0 aliphatic rings. The van der Waals surface area contributed by atoms with Gasteiger partial charge in [0.1, 0.15) is 11.4 Å². The van der Waals surface area contributed by atoms with Gasteiger partial charge in [-0.15, -0.1) is 11.3 Å². The lowest BCUT2D eigenvalue weighted by atomic mass is 9.93. The third-order valence-corrected chi connectivity index (χ3v) is 4.25. The number of thiophene rings is 1. The zero-order valence-corrected chi connectivity index (χ0v) is 13.5. The number of nitrogens with zero attached hydrogens (tertiary/aromatic N) is 1. The molecule has 0 aliphatic carbocycles. The van der Waals surface area contributed by atoms with Crippen LogP contribution in [0, 0.1) is 0 Å². The second-order valence-electron chi connectivity index (χ2n) is 6.26. The molecule has 21 heavy (non-hydrogen) atoms. The Morgan fingerprint density at radius 2 is 2.14 bits per heavy atom. The summed E-state index contributed by atoms with van der Waals surface area (Å²) in [5, 5.41) is 18.7. The van der Waals surface area contributed by atoms with Crippen molar-refractivity contribution in [2.45, 2.75) is 38.7 Å². The maximum Gasteiger partial charge on any atom is 0.273 e. The highest BCUT2D eigenvalue weighted by molar-refractivity contribution is 7.10. The summed E-state index contributed by atoms with van der Waals surface area (Å²) in [6.07, 6.45) is 0. The number of rotatable bonds is 4. The van der Waals surface area contributed by atoms with Gasteiger partial charge in [0.05, 0.1) is 6.54 Å². The lowest BCUT2D eigenvalue weighted by Gasteiger charge is -2.21. The van der Waals surface area contributed by atoms with Crippen LogP contribution in [-0.4, -0.2) is 22.7 Å². The summed E-state index contributed by atoms with van der Waals surface area (Å²) in [4.78, 5) is 12.9. The van der Waals surface area contributed by atoms with Gasteiger partial charge < -0.3 is 14.9 Å². The zero-order valence-electron chi connectivity index (χ0n) is 12.6. The van der Waals surface area contributed by atoms with Gasteiger partial charge in [0.25, 0.3) is 5.91 Å². The number of carbonyl (C=O) groups excluding carboxylic acids is 1. The highest BCUT2D eigenvalue weighted by Gasteiger charge is 2.27. The molecule has 2 N–H and O–H groups in total. The van der Waals surface area contributed by atoms with E-state index < -0.39 is 5.60 Å². The van der Waals surface area contributed by atoms with Crippen LogP contribution in [0.25, 0.3) is 0 Å². The highest BCUT2D eigenvalue weighted by atomic mass is 32.1. The molecule has 0 bridgehead atoms. The fourth-order valence-corrected chi connectivity index (χ4v) is 2.54. The summed E-state index contributed by atoms with van der Waals surface area (Å²) in [6.45, 7) is 7.73. The number of aromatic nitrogens is 1. The van der Waals surface area contributed by atoms with E-state index in [-0.39, 0.29) is 23.6 Å². The monoisotopic (exact) mass is 308 g/mol. The molecular weight excluding hydrogens is 288 g/mol. The summed E-state index contributed by atoms with van der Waals surface area (Å²) in [5.41, 5.74) is -1.07. The molecule has 1 amide bonds. The smallest absolute Gasteiger partial charge is 0.273 e. The van der Waals surface area contributed by atoms with Crippen molar-refractivity contribution in [3.8, 4) is 0 Å². The largest absolute Gasteiger partial charge is 0.383 e. The summed E-state index contributed by atoms with van der Waals surface area (Å²) >= 11 is 1.45. The molecule has 0 radical (unpaired) electrons. The average Bonchev–Trinajstić information content (AvgIpc) is 3.05. The van der Waals surface area contributed by atoms with Crippen molar-refractivity contribution in [1.29, 1.82) is 0 Å².